The highest BCUT2D eigenvalue weighted by molar-refractivity contribution is 6.06. The Morgan fingerprint density at radius 2 is 2.04 bits per heavy atom. The molecule has 3 rings (SSSR count). The predicted octanol–water partition coefficient (Wildman–Crippen LogP) is 3.37. The Labute approximate surface area is 132 Å². The number of amides is 1. The molecular weight excluding hydrogens is 295 g/mol. The quantitative estimate of drug-likeness (QED) is 0.710. The summed E-state index contributed by atoms with van der Waals surface area (Å²) in [6.07, 6.45) is 2.42. The number of carbonyl (C=O) groups is 2. The fourth-order valence-corrected chi connectivity index (χ4v) is 2.59. The lowest BCUT2D eigenvalue weighted by Gasteiger charge is -2.16. The van der Waals surface area contributed by atoms with E-state index in [-0.39, 0.29) is 12.3 Å². The molecule has 0 aliphatic carbocycles. The maximum atomic E-state index is 13.4. The van der Waals surface area contributed by atoms with Crippen molar-refractivity contribution < 1.29 is 14.0 Å². The largest absolute Gasteiger partial charge is 0.360 e. The van der Waals surface area contributed by atoms with Gasteiger partial charge in [0.15, 0.2) is 0 Å². The number of hydrogen-bond donors (Lipinski definition) is 2. The summed E-state index contributed by atoms with van der Waals surface area (Å²) < 4.78 is 13.4. The van der Waals surface area contributed by atoms with Crippen LogP contribution >= 0.6 is 0 Å². The monoisotopic (exact) mass is 310 g/mol. The van der Waals surface area contributed by atoms with Crippen LogP contribution in [0.2, 0.25) is 0 Å². The minimum Gasteiger partial charge on any atom is -0.360 e. The molecular formula is C18H15FN2O2. The second-order valence-electron chi connectivity index (χ2n) is 5.23. The van der Waals surface area contributed by atoms with Gasteiger partial charge in [0.2, 0.25) is 0 Å². The van der Waals surface area contributed by atoms with Crippen molar-refractivity contribution in [2.75, 3.05) is 0 Å². The molecule has 2 aromatic carbocycles. The molecule has 4 nitrogen and oxygen atoms in total. The lowest BCUT2D eigenvalue weighted by atomic mass is 10.0. The van der Waals surface area contributed by atoms with Crippen LogP contribution in [0, 0.1) is 5.82 Å². The molecule has 0 aliphatic rings. The second kappa shape index (κ2) is 6.44. The topological polar surface area (TPSA) is 62.0 Å². The van der Waals surface area contributed by atoms with E-state index in [1.807, 2.05) is 24.3 Å². The van der Waals surface area contributed by atoms with Gasteiger partial charge in [0, 0.05) is 23.5 Å². The number of aldehydes is 1. The Balaban J connectivity index is 1.88. The standard InChI is InChI=1S/C18H15FN2O2/c19-13-5-3-4-12(10-13)16(8-9-22)21-18(23)15-11-20-17-7-2-1-6-14(15)17/h1-7,9-11,16,20H,8H2,(H,21,23)/t16-/m0/s1. The summed E-state index contributed by atoms with van der Waals surface area (Å²) in [6.45, 7) is 0. The molecule has 0 spiro atoms. The van der Waals surface area contributed by atoms with Gasteiger partial charge in [-0.25, -0.2) is 4.39 Å². The summed E-state index contributed by atoms with van der Waals surface area (Å²) in [6, 6.07) is 12.8. The molecule has 0 saturated heterocycles. The number of aromatic nitrogens is 1. The molecule has 1 atom stereocenters. The zero-order valence-corrected chi connectivity index (χ0v) is 12.3. The van der Waals surface area contributed by atoms with E-state index in [4.69, 9.17) is 0 Å². The number of H-pyrrole nitrogens is 1. The number of carbonyl (C=O) groups excluding carboxylic acids is 2. The van der Waals surface area contributed by atoms with Crippen LogP contribution in [0.5, 0.6) is 0 Å². The van der Waals surface area contributed by atoms with Crippen LogP contribution in [-0.4, -0.2) is 17.2 Å². The first kappa shape index (κ1) is 15.0. The van der Waals surface area contributed by atoms with Crippen molar-refractivity contribution in [1.82, 2.24) is 10.3 Å². The Bertz CT molecular complexity index is 857. The number of halogens is 1. The maximum absolute atomic E-state index is 13.4. The third kappa shape index (κ3) is 3.13. The molecule has 1 aromatic heterocycles. The highest BCUT2D eigenvalue weighted by Crippen LogP contribution is 2.21. The van der Waals surface area contributed by atoms with Crippen molar-refractivity contribution in [3.63, 3.8) is 0 Å². The molecule has 23 heavy (non-hydrogen) atoms. The van der Waals surface area contributed by atoms with Gasteiger partial charge < -0.3 is 15.1 Å². The number of aromatic amines is 1. The lowest BCUT2D eigenvalue weighted by Crippen LogP contribution is -2.28. The van der Waals surface area contributed by atoms with Gasteiger partial charge in [0.25, 0.3) is 5.91 Å². The first-order valence-corrected chi connectivity index (χ1v) is 7.25. The molecule has 0 bridgehead atoms. The van der Waals surface area contributed by atoms with Crippen LogP contribution in [0.25, 0.3) is 10.9 Å². The molecule has 0 saturated carbocycles. The molecule has 1 heterocycles. The number of nitrogens with one attached hydrogen (secondary N) is 2. The van der Waals surface area contributed by atoms with E-state index in [2.05, 4.69) is 10.3 Å². The summed E-state index contributed by atoms with van der Waals surface area (Å²) in [5.74, 6) is -0.710. The number of benzene rings is 2. The molecule has 5 heteroatoms. The average molecular weight is 310 g/mol. The average Bonchev–Trinajstić information content (AvgIpc) is 2.98. The van der Waals surface area contributed by atoms with Gasteiger partial charge in [-0.05, 0) is 23.8 Å². The summed E-state index contributed by atoms with van der Waals surface area (Å²) in [7, 11) is 0. The molecule has 0 radical (unpaired) electrons. The van der Waals surface area contributed by atoms with Crippen LogP contribution in [0.15, 0.2) is 54.7 Å². The SMILES string of the molecule is O=CC[C@H](NC(=O)c1c[nH]c2ccccc12)c1cccc(F)c1. The van der Waals surface area contributed by atoms with Crippen molar-refractivity contribution in [3.05, 3.63) is 71.7 Å². The molecule has 2 N–H and O–H groups in total. The maximum Gasteiger partial charge on any atom is 0.253 e. The van der Waals surface area contributed by atoms with Gasteiger partial charge in [0.1, 0.15) is 12.1 Å². The minimum atomic E-state index is -0.565. The molecule has 116 valence electrons. The van der Waals surface area contributed by atoms with Gasteiger partial charge in [-0.2, -0.15) is 0 Å². The Morgan fingerprint density at radius 3 is 2.83 bits per heavy atom. The summed E-state index contributed by atoms with van der Waals surface area (Å²) in [5, 5.41) is 3.60. The Morgan fingerprint density at radius 1 is 1.22 bits per heavy atom. The molecule has 0 unspecified atom stereocenters. The molecule has 3 aromatic rings. The third-order valence-corrected chi connectivity index (χ3v) is 3.72. The van der Waals surface area contributed by atoms with Gasteiger partial charge >= 0.3 is 0 Å². The van der Waals surface area contributed by atoms with Crippen LogP contribution in [0.4, 0.5) is 4.39 Å². The van der Waals surface area contributed by atoms with E-state index >= 15 is 0 Å². The van der Waals surface area contributed by atoms with Crippen LogP contribution in [-0.2, 0) is 4.79 Å². The summed E-state index contributed by atoms with van der Waals surface area (Å²) in [5.41, 5.74) is 1.91. The zero-order chi connectivity index (χ0) is 16.2. The number of rotatable bonds is 5. The third-order valence-electron chi connectivity index (χ3n) is 3.72. The predicted molar refractivity (Wildman–Crippen MR) is 85.6 cm³/mol. The van der Waals surface area contributed by atoms with Crippen LogP contribution in [0.1, 0.15) is 28.4 Å². The molecule has 0 aliphatic heterocycles. The number of hydrogen-bond acceptors (Lipinski definition) is 2. The molecule has 1 amide bonds. The van der Waals surface area contributed by atoms with Crippen LogP contribution in [0.3, 0.4) is 0 Å². The second-order valence-corrected chi connectivity index (χ2v) is 5.23. The minimum absolute atomic E-state index is 0.0809. The van der Waals surface area contributed by atoms with E-state index in [0.29, 0.717) is 17.4 Å². The van der Waals surface area contributed by atoms with E-state index in [0.717, 1.165) is 10.9 Å². The Hall–Kier alpha value is -2.95. The fraction of sp³-hybridized carbons (Fsp3) is 0.111. The fourth-order valence-electron chi connectivity index (χ4n) is 2.59. The Kier molecular flexibility index (Phi) is 4.19. The number of fused-ring (bicyclic) bond motifs is 1. The van der Waals surface area contributed by atoms with E-state index < -0.39 is 11.9 Å². The van der Waals surface area contributed by atoms with Crippen molar-refractivity contribution in [2.24, 2.45) is 0 Å². The first-order valence-electron chi connectivity index (χ1n) is 7.25. The highest BCUT2D eigenvalue weighted by Gasteiger charge is 2.18. The number of para-hydroxylation sites is 1. The normalized spacial score (nSPS) is 12.0. The zero-order valence-electron chi connectivity index (χ0n) is 12.3. The van der Waals surface area contributed by atoms with E-state index in [9.17, 15) is 14.0 Å². The lowest BCUT2D eigenvalue weighted by molar-refractivity contribution is -0.108. The van der Waals surface area contributed by atoms with E-state index in [1.54, 1.807) is 18.3 Å². The van der Waals surface area contributed by atoms with Gasteiger partial charge in [-0.3, -0.25) is 4.79 Å². The first-order chi connectivity index (χ1) is 11.2. The summed E-state index contributed by atoms with van der Waals surface area (Å²) in [4.78, 5) is 26.5. The van der Waals surface area contributed by atoms with Crippen molar-refractivity contribution >= 4 is 23.1 Å². The van der Waals surface area contributed by atoms with Crippen molar-refractivity contribution in [2.45, 2.75) is 12.5 Å². The van der Waals surface area contributed by atoms with E-state index in [1.165, 1.54) is 12.1 Å². The van der Waals surface area contributed by atoms with Crippen molar-refractivity contribution in [3.8, 4) is 0 Å². The van der Waals surface area contributed by atoms with Gasteiger partial charge in [-0.1, -0.05) is 30.3 Å². The van der Waals surface area contributed by atoms with Gasteiger partial charge in [0.05, 0.1) is 11.6 Å². The van der Waals surface area contributed by atoms with Gasteiger partial charge in [-0.15, -0.1) is 0 Å². The molecule has 0 fully saturated rings. The smallest absolute Gasteiger partial charge is 0.253 e. The van der Waals surface area contributed by atoms with Crippen molar-refractivity contribution in [1.29, 1.82) is 0 Å². The summed E-state index contributed by atoms with van der Waals surface area (Å²) >= 11 is 0. The van der Waals surface area contributed by atoms with Crippen LogP contribution < -0.4 is 5.32 Å². The highest BCUT2D eigenvalue weighted by atomic mass is 19.1.